The maximum Gasteiger partial charge on any atom is 0.253 e. The minimum Gasteiger partial charge on any atom is -0.345 e. The first kappa shape index (κ1) is 18.4. The van der Waals surface area contributed by atoms with Gasteiger partial charge < -0.3 is 10.2 Å². The van der Waals surface area contributed by atoms with E-state index in [1.807, 2.05) is 30.3 Å². The highest BCUT2D eigenvalue weighted by atomic mass is 32.1. The first-order valence-corrected chi connectivity index (χ1v) is 8.03. The van der Waals surface area contributed by atoms with Crippen molar-refractivity contribution in [2.24, 2.45) is 0 Å². The number of amides is 2. The maximum absolute atomic E-state index is 11.9. The van der Waals surface area contributed by atoms with E-state index < -0.39 is 0 Å². The zero-order valence-electron chi connectivity index (χ0n) is 14.0. The van der Waals surface area contributed by atoms with E-state index in [4.69, 9.17) is 12.2 Å². The number of carbonyl (C=O) groups is 2. The van der Waals surface area contributed by atoms with Gasteiger partial charge in [0.25, 0.3) is 5.91 Å². The van der Waals surface area contributed by atoms with Gasteiger partial charge in [-0.2, -0.15) is 0 Å². The molecular weight excluding hydrogens is 334 g/mol. The fourth-order valence-corrected chi connectivity index (χ4v) is 2.22. The van der Waals surface area contributed by atoms with Gasteiger partial charge in [0.05, 0.1) is 0 Å². The molecule has 0 aromatic heterocycles. The third-order valence-electron chi connectivity index (χ3n) is 3.26. The standard InChI is InChI=1S/C19H19N3O2S/c1-22(2)18(24)15-9-11-16(12-10-15)20-19(25)21-17(23)13-8-14-6-4-3-5-7-14/h3-13H,1-2H3,(H2,20,21,23,25)/b13-8+. The van der Waals surface area contributed by atoms with Gasteiger partial charge in [0.15, 0.2) is 5.11 Å². The van der Waals surface area contributed by atoms with Crippen LogP contribution in [0, 0.1) is 0 Å². The molecule has 0 heterocycles. The van der Waals surface area contributed by atoms with E-state index in [2.05, 4.69) is 10.6 Å². The molecule has 0 saturated carbocycles. The summed E-state index contributed by atoms with van der Waals surface area (Å²) in [6, 6.07) is 16.4. The van der Waals surface area contributed by atoms with Crippen molar-refractivity contribution in [2.75, 3.05) is 19.4 Å². The summed E-state index contributed by atoms with van der Waals surface area (Å²) >= 11 is 5.12. The van der Waals surface area contributed by atoms with Crippen LogP contribution in [0.3, 0.4) is 0 Å². The van der Waals surface area contributed by atoms with Crippen LogP contribution >= 0.6 is 12.2 Å². The summed E-state index contributed by atoms with van der Waals surface area (Å²) in [6.07, 6.45) is 3.13. The van der Waals surface area contributed by atoms with E-state index in [0.717, 1.165) is 5.56 Å². The number of carbonyl (C=O) groups excluding carboxylic acids is 2. The van der Waals surface area contributed by atoms with E-state index in [-0.39, 0.29) is 16.9 Å². The largest absolute Gasteiger partial charge is 0.345 e. The molecule has 0 aliphatic heterocycles. The molecule has 0 aliphatic rings. The average molecular weight is 353 g/mol. The monoisotopic (exact) mass is 353 g/mol. The van der Waals surface area contributed by atoms with Gasteiger partial charge in [-0.25, -0.2) is 0 Å². The van der Waals surface area contributed by atoms with Gasteiger partial charge >= 0.3 is 0 Å². The van der Waals surface area contributed by atoms with Crippen molar-refractivity contribution in [2.45, 2.75) is 0 Å². The molecule has 2 amide bonds. The van der Waals surface area contributed by atoms with Crippen molar-refractivity contribution < 1.29 is 9.59 Å². The normalized spacial score (nSPS) is 10.3. The lowest BCUT2D eigenvalue weighted by Gasteiger charge is -2.11. The summed E-state index contributed by atoms with van der Waals surface area (Å²) in [5.41, 5.74) is 2.20. The summed E-state index contributed by atoms with van der Waals surface area (Å²) in [4.78, 5) is 25.2. The van der Waals surface area contributed by atoms with Crippen LogP contribution in [0.2, 0.25) is 0 Å². The Balaban J connectivity index is 1.88. The summed E-state index contributed by atoms with van der Waals surface area (Å²) in [6.45, 7) is 0. The minimum atomic E-state index is -0.319. The Bertz CT molecular complexity index is 784. The second kappa shape index (κ2) is 8.75. The molecule has 0 bridgehead atoms. The number of thiocarbonyl (C=S) groups is 1. The molecule has 128 valence electrons. The summed E-state index contributed by atoms with van der Waals surface area (Å²) < 4.78 is 0. The van der Waals surface area contributed by atoms with Gasteiger partial charge in [0, 0.05) is 31.4 Å². The van der Waals surface area contributed by atoms with E-state index in [0.29, 0.717) is 11.3 Å². The van der Waals surface area contributed by atoms with Gasteiger partial charge in [-0.3, -0.25) is 14.9 Å². The van der Waals surface area contributed by atoms with E-state index in [9.17, 15) is 9.59 Å². The van der Waals surface area contributed by atoms with E-state index in [1.54, 1.807) is 44.4 Å². The molecule has 2 aromatic rings. The number of hydrogen-bond donors (Lipinski definition) is 2. The highest BCUT2D eigenvalue weighted by molar-refractivity contribution is 7.80. The molecule has 2 N–H and O–H groups in total. The van der Waals surface area contributed by atoms with Crippen LogP contribution in [0.5, 0.6) is 0 Å². The smallest absolute Gasteiger partial charge is 0.253 e. The average Bonchev–Trinajstić information content (AvgIpc) is 2.60. The van der Waals surface area contributed by atoms with Gasteiger partial charge in [-0.15, -0.1) is 0 Å². The maximum atomic E-state index is 11.9. The predicted molar refractivity (Wildman–Crippen MR) is 104 cm³/mol. The topological polar surface area (TPSA) is 61.4 Å². The molecule has 0 saturated heterocycles. The zero-order valence-corrected chi connectivity index (χ0v) is 14.8. The first-order chi connectivity index (χ1) is 12.0. The Morgan fingerprint density at radius 2 is 1.64 bits per heavy atom. The fraction of sp³-hybridized carbons (Fsp3) is 0.105. The Labute approximate surface area is 152 Å². The summed E-state index contributed by atoms with van der Waals surface area (Å²) in [5, 5.41) is 5.67. The van der Waals surface area contributed by atoms with Crippen LogP contribution in [-0.4, -0.2) is 35.9 Å². The highest BCUT2D eigenvalue weighted by Crippen LogP contribution is 2.10. The number of nitrogens with zero attached hydrogens (tertiary/aromatic N) is 1. The number of rotatable bonds is 4. The van der Waals surface area contributed by atoms with Crippen molar-refractivity contribution in [1.82, 2.24) is 10.2 Å². The lowest BCUT2D eigenvalue weighted by Crippen LogP contribution is -2.32. The molecule has 0 radical (unpaired) electrons. The molecular formula is C19H19N3O2S. The number of benzene rings is 2. The van der Waals surface area contributed by atoms with Gasteiger partial charge in [-0.1, -0.05) is 30.3 Å². The molecule has 0 spiro atoms. The van der Waals surface area contributed by atoms with Gasteiger partial charge in [-0.05, 0) is 48.1 Å². The quantitative estimate of drug-likeness (QED) is 0.655. The summed E-state index contributed by atoms with van der Waals surface area (Å²) in [5.74, 6) is -0.394. The van der Waals surface area contributed by atoms with Crippen molar-refractivity contribution >= 4 is 40.9 Å². The second-order valence-corrected chi connectivity index (χ2v) is 5.87. The molecule has 6 heteroatoms. The Kier molecular flexibility index (Phi) is 6.42. The van der Waals surface area contributed by atoms with Crippen molar-refractivity contribution in [1.29, 1.82) is 0 Å². The Morgan fingerprint density at radius 1 is 1.00 bits per heavy atom. The van der Waals surface area contributed by atoms with Crippen LogP contribution in [0.4, 0.5) is 5.69 Å². The molecule has 0 fully saturated rings. The van der Waals surface area contributed by atoms with Crippen LogP contribution in [-0.2, 0) is 4.79 Å². The SMILES string of the molecule is CN(C)C(=O)c1ccc(NC(=S)NC(=O)/C=C/c2ccccc2)cc1. The Hall–Kier alpha value is -2.99. The van der Waals surface area contributed by atoms with E-state index in [1.165, 1.54) is 11.0 Å². The van der Waals surface area contributed by atoms with Crippen molar-refractivity contribution in [3.63, 3.8) is 0 Å². The Morgan fingerprint density at radius 3 is 2.24 bits per heavy atom. The first-order valence-electron chi connectivity index (χ1n) is 7.62. The van der Waals surface area contributed by atoms with Crippen molar-refractivity contribution in [3.8, 4) is 0 Å². The summed E-state index contributed by atoms with van der Waals surface area (Å²) in [7, 11) is 3.39. The third kappa shape index (κ3) is 5.86. The van der Waals surface area contributed by atoms with Crippen LogP contribution in [0.25, 0.3) is 6.08 Å². The molecule has 25 heavy (non-hydrogen) atoms. The number of hydrogen-bond acceptors (Lipinski definition) is 3. The third-order valence-corrected chi connectivity index (χ3v) is 3.46. The van der Waals surface area contributed by atoms with Gasteiger partial charge in [0.1, 0.15) is 0 Å². The molecule has 0 aliphatic carbocycles. The van der Waals surface area contributed by atoms with Crippen LogP contribution in [0.15, 0.2) is 60.7 Å². The lowest BCUT2D eigenvalue weighted by atomic mass is 10.2. The predicted octanol–water partition coefficient (Wildman–Crippen LogP) is 2.91. The molecule has 2 aromatic carbocycles. The number of anilines is 1. The van der Waals surface area contributed by atoms with Crippen LogP contribution < -0.4 is 10.6 Å². The minimum absolute atomic E-state index is 0.0755. The van der Waals surface area contributed by atoms with Crippen molar-refractivity contribution in [3.05, 3.63) is 71.8 Å². The highest BCUT2D eigenvalue weighted by Gasteiger charge is 2.07. The van der Waals surface area contributed by atoms with E-state index >= 15 is 0 Å². The zero-order chi connectivity index (χ0) is 18.2. The molecule has 5 nitrogen and oxygen atoms in total. The van der Waals surface area contributed by atoms with Crippen LogP contribution in [0.1, 0.15) is 15.9 Å². The molecule has 2 rings (SSSR count). The molecule has 0 unspecified atom stereocenters. The molecule has 0 atom stereocenters. The van der Waals surface area contributed by atoms with Gasteiger partial charge in [0.2, 0.25) is 5.91 Å². The fourth-order valence-electron chi connectivity index (χ4n) is 2.01. The second-order valence-electron chi connectivity index (χ2n) is 5.46. The number of nitrogens with one attached hydrogen (secondary N) is 2. The lowest BCUT2D eigenvalue weighted by molar-refractivity contribution is -0.115.